The van der Waals surface area contributed by atoms with E-state index in [0.717, 1.165) is 5.56 Å². The van der Waals surface area contributed by atoms with Gasteiger partial charge in [0.2, 0.25) is 5.95 Å². The van der Waals surface area contributed by atoms with Gasteiger partial charge in [-0.1, -0.05) is 0 Å². The predicted molar refractivity (Wildman–Crippen MR) is 70.0 cm³/mol. The molecule has 0 aromatic carbocycles. The van der Waals surface area contributed by atoms with Crippen molar-refractivity contribution in [2.75, 3.05) is 12.3 Å². The molecule has 114 valence electrons. The maximum Gasteiger partial charge on any atom is 0.469 e. The number of hydrogen-bond acceptors (Lipinski definition) is 7. The van der Waals surface area contributed by atoms with Crippen LogP contribution in [0.3, 0.4) is 0 Å². The van der Waals surface area contributed by atoms with Gasteiger partial charge in [-0.05, 0) is 12.8 Å². The number of nitrogens with zero attached hydrogens (tertiary/aromatic N) is 4. The summed E-state index contributed by atoms with van der Waals surface area (Å²) >= 11 is 0. The number of anilines is 1. The molecule has 0 aliphatic carbocycles. The van der Waals surface area contributed by atoms with E-state index in [2.05, 4.69) is 19.6 Å². The Bertz CT molecular complexity index is 700. The fourth-order valence-electron chi connectivity index (χ4n) is 2.31. The number of fused-ring (bicyclic) bond motifs is 1. The van der Waals surface area contributed by atoms with Crippen LogP contribution < -0.4 is 5.73 Å². The summed E-state index contributed by atoms with van der Waals surface area (Å²) in [6.45, 7) is -0.156. The van der Waals surface area contributed by atoms with Gasteiger partial charge in [0.15, 0.2) is 5.65 Å². The molecule has 3 heterocycles. The second-order valence-electron chi connectivity index (χ2n) is 4.68. The lowest BCUT2D eigenvalue weighted by Gasteiger charge is -2.13. The molecule has 11 heteroatoms. The number of ether oxygens (including phenoxy) is 1. The average Bonchev–Trinajstić information content (AvgIpc) is 3.02. The average molecular weight is 315 g/mol. The van der Waals surface area contributed by atoms with E-state index in [4.69, 9.17) is 20.3 Å². The van der Waals surface area contributed by atoms with Crippen molar-refractivity contribution >= 4 is 19.4 Å². The van der Waals surface area contributed by atoms with Gasteiger partial charge >= 0.3 is 7.82 Å². The van der Waals surface area contributed by atoms with Crippen molar-refractivity contribution in [3.8, 4) is 0 Å². The lowest BCUT2D eigenvalue weighted by Crippen LogP contribution is -2.14. The Hall–Kier alpha value is -1.58. The van der Waals surface area contributed by atoms with Crippen LogP contribution in [-0.4, -0.2) is 42.1 Å². The molecule has 0 saturated carbocycles. The summed E-state index contributed by atoms with van der Waals surface area (Å²) in [5.41, 5.74) is 7.02. The van der Waals surface area contributed by atoms with Crippen molar-refractivity contribution in [1.29, 1.82) is 0 Å². The number of phosphoric ester groups is 1. The number of aromatic nitrogens is 4. The zero-order chi connectivity index (χ0) is 15.0. The maximum absolute atomic E-state index is 10.7. The quantitative estimate of drug-likeness (QED) is 0.665. The summed E-state index contributed by atoms with van der Waals surface area (Å²) in [7, 11) is -4.48. The molecule has 1 fully saturated rings. The largest absolute Gasteiger partial charge is 0.469 e. The van der Waals surface area contributed by atoms with E-state index in [1.807, 2.05) is 0 Å². The van der Waals surface area contributed by atoms with E-state index in [1.165, 1.54) is 10.8 Å². The molecule has 3 rings (SSSR count). The minimum Gasteiger partial charge on any atom is -0.368 e. The fourth-order valence-corrected chi connectivity index (χ4v) is 2.67. The molecule has 21 heavy (non-hydrogen) atoms. The van der Waals surface area contributed by atoms with Gasteiger partial charge in [-0.25, -0.2) is 14.5 Å². The molecule has 0 radical (unpaired) electrons. The second kappa shape index (κ2) is 5.32. The van der Waals surface area contributed by atoms with Crippen LogP contribution in [0.1, 0.15) is 24.5 Å². The first kappa shape index (κ1) is 14.4. The van der Waals surface area contributed by atoms with Crippen LogP contribution in [0.15, 0.2) is 12.5 Å². The van der Waals surface area contributed by atoms with Gasteiger partial charge in [0.05, 0.1) is 25.0 Å². The first-order chi connectivity index (χ1) is 9.94. The normalized spacial score (nSPS) is 23.0. The van der Waals surface area contributed by atoms with Gasteiger partial charge in [0, 0.05) is 5.56 Å². The van der Waals surface area contributed by atoms with Crippen LogP contribution in [0.5, 0.6) is 0 Å². The van der Waals surface area contributed by atoms with E-state index >= 15 is 0 Å². The number of nitrogens with two attached hydrogens (primary N) is 1. The van der Waals surface area contributed by atoms with Gasteiger partial charge < -0.3 is 20.3 Å². The summed E-state index contributed by atoms with van der Waals surface area (Å²) in [5.74, 6) is 0.227. The lowest BCUT2D eigenvalue weighted by atomic mass is 10.1. The van der Waals surface area contributed by atoms with Crippen LogP contribution in [0.4, 0.5) is 5.95 Å². The smallest absolute Gasteiger partial charge is 0.368 e. The summed E-state index contributed by atoms with van der Waals surface area (Å²) in [5, 5.41) is 4.10. The van der Waals surface area contributed by atoms with Gasteiger partial charge in [0.25, 0.3) is 0 Å². The van der Waals surface area contributed by atoms with Crippen LogP contribution >= 0.6 is 7.82 Å². The van der Waals surface area contributed by atoms with Crippen molar-refractivity contribution in [2.24, 2.45) is 0 Å². The Labute approximate surface area is 119 Å². The van der Waals surface area contributed by atoms with E-state index in [9.17, 15) is 4.57 Å². The van der Waals surface area contributed by atoms with Gasteiger partial charge in [0.1, 0.15) is 6.33 Å². The second-order valence-corrected chi connectivity index (χ2v) is 5.92. The molecule has 0 amide bonds. The highest BCUT2D eigenvalue weighted by Gasteiger charge is 2.31. The lowest BCUT2D eigenvalue weighted by molar-refractivity contribution is 0.0106. The number of nitrogen functional groups attached to an aromatic ring is 1. The van der Waals surface area contributed by atoms with Crippen LogP contribution in [-0.2, 0) is 13.8 Å². The molecule has 4 N–H and O–H groups in total. The summed E-state index contributed by atoms with van der Waals surface area (Å²) in [6.07, 6.45) is 3.62. The van der Waals surface area contributed by atoms with E-state index in [-0.39, 0.29) is 24.8 Å². The van der Waals surface area contributed by atoms with Crippen molar-refractivity contribution in [2.45, 2.75) is 25.0 Å². The summed E-state index contributed by atoms with van der Waals surface area (Å²) in [4.78, 5) is 25.3. The molecule has 2 atom stereocenters. The predicted octanol–water partition coefficient (Wildman–Crippen LogP) is 0.0359. The number of rotatable bonds is 4. The van der Waals surface area contributed by atoms with Crippen molar-refractivity contribution in [3.63, 3.8) is 0 Å². The number of phosphoric acid groups is 1. The van der Waals surface area contributed by atoms with Gasteiger partial charge in [-0.15, -0.1) is 0 Å². The minimum absolute atomic E-state index is 0.156. The summed E-state index contributed by atoms with van der Waals surface area (Å²) < 4.78 is 22.3. The van der Waals surface area contributed by atoms with Crippen molar-refractivity contribution in [1.82, 2.24) is 19.6 Å². The molecule has 0 bridgehead atoms. The van der Waals surface area contributed by atoms with Gasteiger partial charge in [-0.3, -0.25) is 4.52 Å². The maximum atomic E-state index is 10.7. The molecular weight excluding hydrogens is 301 g/mol. The first-order valence-electron chi connectivity index (χ1n) is 6.24. The summed E-state index contributed by atoms with van der Waals surface area (Å²) in [6, 6.07) is 0. The Morgan fingerprint density at radius 3 is 3.05 bits per heavy atom. The molecule has 2 aromatic rings. The molecule has 1 saturated heterocycles. The third-order valence-electron chi connectivity index (χ3n) is 3.24. The molecule has 0 spiro atoms. The highest BCUT2D eigenvalue weighted by Crippen LogP contribution is 2.39. The Balaban J connectivity index is 1.73. The van der Waals surface area contributed by atoms with Crippen LogP contribution in [0.2, 0.25) is 0 Å². The number of hydrogen-bond donors (Lipinski definition) is 3. The van der Waals surface area contributed by atoms with Crippen molar-refractivity contribution < 1.29 is 23.6 Å². The molecule has 10 nitrogen and oxygen atoms in total. The SMILES string of the molecule is Nc1ncnc2c([C@H]3CC[C@@H](COP(=O)(O)O)O3)cnn12. The van der Waals surface area contributed by atoms with Crippen molar-refractivity contribution in [3.05, 3.63) is 18.1 Å². The topological polar surface area (TPSA) is 145 Å². The highest BCUT2D eigenvalue weighted by atomic mass is 31.2. The van der Waals surface area contributed by atoms with E-state index in [1.54, 1.807) is 6.20 Å². The molecule has 1 aliphatic heterocycles. The first-order valence-corrected chi connectivity index (χ1v) is 7.77. The fraction of sp³-hybridized carbons (Fsp3) is 0.500. The zero-order valence-corrected chi connectivity index (χ0v) is 11.8. The van der Waals surface area contributed by atoms with E-state index in [0.29, 0.717) is 18.5 Å². The Kier molecular flexibility index (Phi) is 3.64. The molecule has 2 aromatic heterocycles. The third-order valence-corrected chi connectivity index (χ3v) is 3.73. The highest BCUT2D eigenvalue weighted by molar-refractivity contribution is 7.46. The minimum atomic E-state index is -4.48. The zero-order valence-electron chi connectivity index (χ0n) is 10.9. The standard InChI is InChI=1S/C10H14N5O5P/c11-10-13-5-12-9-7(3-14-15(9)10)8-2-1-6(20-8)4-19-21(16,17)18/h3,5-6,8H,1-2,4H2,(H2,11,12,13)(H2,16,17,18)/t6-,8+/m0/s1. The Morgan fingerprint density at radius 2 is 2.29 bits per heavy atom. The van der Waals surface area contributed by atoms with Crippen LogP contribution in [0, 0.1) is 0 Å². The molecular formula is C10H14N5O5P. The molecule has 0 unspecified atom stereocenters. The monoisotopic (exact) mass is 315 g/mol. The Morgan fingerprint density at radius 1 is 1.48 bits per heavy atom. The third kappa shape index (κ3) is 3.04. The van der Waals surface area contributed by atoms with E-state index < -0.39 is 7.82 Å². The van der Waals surface area contributed by atoms with Crippen LogP contribution in [0.25, 0.3) is 5.65 Å². The molecule has 1 aliphatic rings. The van der Waals surface area contributed by atoms with Gasteiger partial charge in [-0.2, -0.15) is 9.61 Å².